The molecule has 0 aliphatic carbocycles. The van der Waals surface area contributed by atoms with Gasteiger partial charge in [-0.25, -0.2) is 14.4 Å². The minimum Gasteiger partial charge on any atom is -0.463 e. The number of nitrogens with zero attached hydrogens (tertiary/aromatic N) is 1. The van der Waals surface area contributed by atoms with E-state index in [4.69, 9.17) is 34.8 Å². The highest BCUT2D eigenvalue weighted by atomic mass is 16.7. The molecule has 3 rings (SSSR count). The Morgan fingerprint density at radius 3 is 2.16 bits per heavy atom. The zero-order valence-corrected chi connectivity index (χ0v) is 24.0. The first-order valence-corrected chi connectivity index (χ1v) is 13.3. The van der Waals surface area contributed by atoms with Gasteiger partial charge in [0, 0.05) is 32.5 Å². The highest BCUT2D eigenvalue weighted by Crippen LogP contribution is 2.42. The Hall–Kier alpha value is -4.74. The smallest absolute Gasteiger partial charge is 0.350 e. The summed E-state index contributed by atoms with van der Waals surface area (Å²) >= 11 is 0. The molecule has 0 radical (unpaired) electrons. The maximum atomic E-state index is 13.4. The molecule has 2 aromatic rings. The topological polar surface area (TPSA) is 179 Å². The van der Waals surface area contributed by atoms with Crippen molar-refractivity contribution in [1.29, 1.82) is 0 Å². The number of aromatic amines is 1. The number of benzene rings is 1. The molecule has 1 aromatic carbocycles. The highest BCUT2D eigenvalue weighted by molar-refractivity contribution is 6.04. The normalized spacial score (nSPS) is 21.3. The monoisotopic (exact) mass is 600 g/mol. The van der Waals surface area contributed by atoms with Crippen molar-refractivity contribution in [2.45, 2.75) is 63.8 Å². The third-order valence-corrected chi connectivity index (χ3v) is 6.41. The van der Waals surface area contributed by atoms with Crippen LogP contribution in [0.25, 0.3) is 0 Å². The fraction of sp³-hybridized carbons (Fsp3) is 0.448. The second kappa shape index (κ2) is 14.0. The number of nitrogens with one attached hydrogen (secondary N) is 1. The molecule has 43 heavy (non-hydrogen) atoms. The van der Waals surface area contributed by atoms with E-state index in [0.717, 1.165) is 30.7 Å². The Morgan fingerprint density at radius 2 is 1.65 bits per heavy atom. The summed E-state index contributed by atoms with van der Waals surface area (Å²) in [5.74, 6) is -1.63. The van der Waals surface area contributed by atoms with Crippen LogP contribution in [-0.4, -0.2) is 76.7 Å². The van der Waals surface area contributed by atoms with Gasteiger partial charge >= 0.3 is 29.6 Å². The predicted molar refractivity (Wildman–Crippen MR) is 146 cm³/mol. The molecule has 0 spiro atoms. The summed E-state index contributed by atoms with van der Waals surface area (Å²) in [6.07, 6.45) is 1.86. The largest absolute Gasteiger partial charge is 0.463 e. The highest BCUT2D eigenvalue weighted by Gasteiger charge is 2.63. The van der Waals surface area contributed by atoms with Gasteiger partial charge < -0.3 is 28.4 Å². The van der Waals surface area contributed by atoms with Gasteiger partial charge in [0.05, 0.1) is 19.8 Å². The maximum Gasteiger partial charge on any atom is 0.350 e. The standard InChI is InChI=1S/C29H32N2O12/c1-6-28(43-19(5)33)21(42-24(23(28)41-18(4)32)31-15-14-22(34)30-27(31)37)17-40-29(25(35)38-7-2,26(36)39-8-3)16-20-12-10-9-11-13-20/h1,9-15,21,23-24H,7-8,16-17H2,2-5H3,(H,30,34,37)/t21-,23+,24-,28-/m1/s1. The molecule has 1 aliphatic rings. The molecule has 0 unspecified atom stereocenters. The number of hydrogen-bond acceptors (Lipinski definition) is 12. The average molecular weight is 601 g/mol. The SMILES string of the molecule is C#C[C@@]1(OC(C)=O)[C@@H](COC(Cc2ccccc2)(C(=O)OCC)C(=O)OCC)O[C@@H](n2ccc(=O)[nH]c2=O)[C@@H]1OC(C)=O. The quantitative estimate of drug-likeness (QED) is 0.154. The Bertz CT molecular complexity index is 1470. The Morgan fingerprint density at radius 1 is 1.02 bits per heavy atom. The molecular formula is C29H32N2O12. The molecule has 4 atom stereocenters. The number of rotatable bonds is 12. The molecule has 2 heterocycles. The Balaban J connectivity index is 2.16. The van der Waals surface area contributed by atoms with E-state index >= 15 is 0 Å². The van der Waals surface area contributed by atoms with Crippen molar-refractivity contribution in [2.75, 3.05) is 19.8 Å². The maximum absolute atomic E-state index is 13.4. The zero-order chi connectivity index (χ0) is 31.8. The lowest BCUT2D eigenvalue weighted by atomic mass is 9.91. The van der Waals surface area contributed by atoms with Crippen LogP contribution >= 0.6 is 0 Å². The summed E-state index contributed by atoms with van der Waals surface area (Å²) in [6, 6.07) is 9.44. The number of carbonyl (C=O) groups is 4. The van der Waals surface area contributed by atoms with E-state index in [2.05, 4.69) is 10.9 Å². The van der Waals surface area contributed by atoms with E-state index in [0.29, 0.717) is 5.56 Å². The van der Waals surface area contributed by atoms with E-state index < -0.39 is 71.4 Å². The van der Waals surface area contributed by atoms with Gasteiger partial charge in [0.25, 0.3) is 11.2 Å². The van der Waals surface area contributed by atoms with E-state index in [1.807, 2.05) is 0 Å². The van der Waals surface area contributed by atoms with E-state index in [-0.39, 0.29) is 19.6 Å². The van der Waals surface area contributed by atoms with E-state index in [9.17, 15) is 28.8 Å². The molecule has 1 saturated heterocycles. The van der Waals surface area contributed by atoms with Gasteiger partial charge in [-0.2, -0.15) is 0 Å². The first-order chi connectivity index (χ1) is 20.4. The second-order valence-electron chi connectivity index (χ2n) is 9.34. The second-order valence-corrected chi connectivity index (χ2v) is 9.34. The molecule has 0 amide bonds. The number of terminal acetylenes is 1. The molecule has 0 bridgehead atoms. The summed E-state index contributed by atoms with van der Waals surface area (Å²) in [4.78, 5) is 77.7. The fourth-order valence-corrected chi connectivity index (χ4v) is 4.62. The van der Waals surface area contributed by atoms with Crippen molar-refractivity contribution in [3.05, 3.63) is 69.0 Å². The van der Waals surface area contributed by atoms with Gasteiger partial charge in [-0.15, -0.1) is 6.42 Å². The number of esters is 4. The van der Waals surface area contributed by atoms with Gasteiger partial charge in [-0.1, -0.05) is 36.3 Å². The van der Waals surface area contributed by atoms with Crippen LogP contribution < -0.4 is 11.2 Å². The van der Waals surface area contributed by atoms with E-state index in [1.165, 1.54) is 13.8 Å². The number of carbonyl (C=O) groups excluding carboxylic acids is 4. The van der Waals surface area contributed by atoms with Crippen LogP contribution in [0, 0.1) is 12.3 Å². The molecular weight excluding hydrogens is 568 g/mol. The minimum absolute atomic E-state index is 0.106. The van der Waals surface area contributed by atoms with Crippen LogP contribution in [0.4, 0.5) is 0 Å². The van der Waals surface area contributed by atoms with Gasteiger partial charge in [-0.05, 0) is 19.4 Å². The van der Waals surface area contributed by atoms with Crippen LogP contribution in [0.2, 0.25) is 0 Å². The van der Waals surface area contributed by atoms with Gasteiger partial charge in [-0.3, -0.25) is 23.9 Å². The number of ether oxygens (including phenoxy) is 6. The van der Waals surface area contributed by atoms with Crippen molar-refractivity contribution in [1.82, 2.24) is 9.55 Å². The van der Waals surface area contributed by atoms with Crippen LogP contribution in [0.5, 0.6) is 0 Å². The predicted octanol–water partition coefficient (Wildman–Crippen LogP) is 0.425. The Kier molecular flexibility index (Phi) is 10.6. The first kappa shape index (κ1) is 32.8. The summed E-state index contributed by atoms with van der Waals surface area (Å²) < 4.78 is 34.3. The number of aromatic nitrogens is 2. The zero-order valence-electron chi connectivity index (χ0n) is 24.0. The third kappa shape index (κ3) is 7.02. The summed E-state index contributed by atoms with van der Waals surface area (Å²) in [5, 5.41) is 0. The van der Waals surface area contributed by atoms with Gasteiger partial charge in [0.2, 0.25) is 11.7 Å². The van der Waals surface area contributed by atoms with Crippen molar-refractivity contribution in [3.8, 4) is 12.3 Å². The molecule has 1 fully saturated rings. The molecule has 230 valence electrons. The lowest BCUT2D eigenvalue weighted by molar-refractivity contribution is -0.200. The fourth-order valence-electron chi connectivity index (χ4n) is 4.62. The van der Waals surface area contributed by atoms with E-state index in [1.54, 1.807) is 30.3 Å². The molecule has 14 nitrogen and oxygen atoms in total. The number of H-pyrrole nitrogens is 1. The van der Waals surface area contributed by atoms with Crippen molar-refractivity contribution >= 4 is 23.9 Å². The lowest BCUT2D eigenvalue weighted by Gasteiger charge is -2.34. The molecule has 1 aliphatic heterocycles. The summed E-state index contributed by atoms with van der Waals surface area (Å²) in [7, 11) is 0. The van der Waals surface area contributed by atoms with Crippen molar-refractivity contribution in [3.63, 3.8) is 0 Å². The summed E-state index contributed by atoms with van der Waals surface area (Å²) in [5.41, 5.74) is -5.78. The van der Waals surface area contributed by atoms with Crippen molar-refractivity contribution < 1.29 is 47.6 Å². The molecule has 1 aromatic heterocycles. The van der Waals surface area contributed by atoms with Crippen molar-refractivity contribution in [2.24, 2.45) is 0 Å². The minimum atomic E-state index is -2.38. The lowest BCUT2D eigenvalue weighted by Crippen LogP contribution is -2.57. The van der Waals surface area contributed by atoms with Crippen LogP contribution in [0.3, 0.4) is 0 Å². The molecule has 14 heteroatoms. The van der Waals surface area contributed by atoms with Crippen LogP contribution in [0.1, 0.15) is 39.5 Å². The average Bonchev–Trinajstić information content (AvgIpc) is 3.23. The molecule has 1 N–H and O–H groups in total. The van der Waals surface area contributed by atoms with Crippen LogP contribution in [-0.2, 0) is 54.0 Å². The summed E-state index contributed by atoms with van der Waals surface area (Å²) in [6.45, 7) is 4.23. The first-order valence-electron chi connectivity index (χ1n) is 13.3. The van der Waals surface area contributed by atoms with Gasteiger partial charge in [0.1, 0.15) is 6.10 Å². The third-order valence-electron chi connectivity index (χ3n) is 6.41. The van der Waals surface area contributed by atoms with Crippen LogP contribution in [0.15, 0.2) is 52.2 Å². The molecule has 0 saturated carbocycles. The number of hydrogen-bond donors (Lipinski definition) is 1. The Labute approximate surface area is 246 Å². The van der Waals surface area contributed by atoms with Gasteiger partial charge in [0.15, 0.2) is 6.23 Å².